The van der Waals surface area contributed by atoms with Gasteiger partial charge in [0.25, 0.3) is 0 Å². The first-order valence-corrected chi connectivity index (χ1v) is 10.1. The Morgan fingerprint density at radius 1 is 0.920 bits per heavy atom. The van der Waals surface area contributed by atoms with Gasteiger partial charge in [0.1, 0.15) is 5.82 Å². The van der Waals surface area contributed by atoms with Crippen molar-refractivity contribution in [2.24, 2.45) is 0 Å². The fourth-order valence-electron chi connectivity index (χ4n) is 4.91. The quantitative estimate of drug-likeness (QED) is 0.824. The van der Waals surface area contributed by atoms with Crippen LogP contribution in [-0.2, 0) is 11.3 Å². The Bertz CT molecular complexity index is 556. The predicted molar refractivity (Wildman–Crippen MR) is 98.0 cm³/mol. The third-order valence-corrected chi connectivity index (χ3v) is 6.32. The molecule has 2 aliphatic heterocycles. The number of ether oxygens (including phenoxy) is 1. The number of rotatable bonds is 4. The molecule has 0 N–H and O–H groups in total. The second kappa shape index (κ2) is 7.73. The van der Waals surface area contributed by atoms with Crippen LogP contribution in [-0.4, -0.2) is 54.2 Å². The van der Waals surface area contributed by atoms with Gasteiger partial charge in [-0.3, -0.25) is 9.80 Å². The smallest absolute Gasteiger partial charge is 0.123 e. The molecule has 1 aromatic carbocycles. The largest absolute Gasteiger partial charge is 0.370 e. The number of nitrogens with zero attached hydrogens (tertiary/aromatic N) is 2. The molecule has 0 bridgehead atoms. The summed E-state index contributed by atoms with van der Waals surface area (Å²) in [4.78, 5) is 5.10. The molecule has 0 aromatic heterocycles. The van der Waals surface area contributed by atoms with Gasteiger partial charge in [0.2, 0.25) is 0 Å². The molecule has 2 saturated heterocycles. The van der Waals surface area contributed by atoms with Crippen molar-refractivity contribution in [3.05, 3.63) is 35.6 Å². The van der Waals surface area contributed by atoms with E-state index in [1.165, 1.54) is 57.1 Å². The third kappa shape index (κ3) is 4.42. The van der Waals surface area contributed by atoms with Crippen molar-refractivity contribution in [2.45, 2.75) is 63.2 Å². The molecule has 25 heavy (non-hydrogen) atoms. The molecule has 138 valence electrons. The normalized spacial score (nSPS) is 27.8. The molecule has 3 aliphatic rings. The van der Waals surface area contributed by atoms with E-state index in [0.29, 0.717) is 6.10 Å². The second-order valence-electron chi connectivity index (χ2n) is 8.23. The third-order valence-electron chi connectivity index (χ3n) is 6.32. The molecule has 4 rings (SSSR count). The Balaban J connectivity index is 1.25. The van der Waals surface area contributed by atoms with E-state index in [2.05, 4.69) is 9.80 Å². The van der Waals surface area contributed by atoms with Crippen LogP contribution < -0.4 is 0 Å². The molecular formula is C21H31FN2O. The Morgan fingerprint density at radius 3 is 2.44 bits per heavy atom. The minimum absolute atomic E-state index is 0.151. The predicted octanol–water partition coefficient (Wildman–Crippen LogP) is 3.83. The monoisotopic (exact) mass is 346 g/mol. The summed E-state index contributed by atoms with van der Waals surface area (Å²) >= 11 is 0. The summed E-state index contributed by atoms with van der Waals surface area (Å²) in [7, 11) is 0. The van der Waals surface area contributed by atoms with Crippen LogP contribution in [0.1, 0.15) is 50.5 Å². The van der Waals surface area contributed by atoms with E-state index in [1.807, 2.05) is 12.1 Å². The summed E-state index contributed by atoms with van der Waals surface area (Å²) in [5.74, 6) is -0.151. The molecule has 2 heterocycles. The van der Waals surface area contributed by atoms with Gasteiger partial charge in [-0.15, -0.1) is 0 Å². The Kier molecular flexibility index (Phi) is 5.39. The highest BCUT2D eigenvalue weighted by atomic mass is 19.1. The van der Waals surface area contributed by atoms with Crippen LogP contribution in [0.4, 0.5) is 4.39 Å². The molecule has 1 spiro atoms. The average Bonchev–Trinajstić information content (AvgIpc) is 3.17. The first-order valence-electron chi connectivity index (χ1n) is 10.1. The molecule has 1 unspecified atom stereocenters. The molecule has 3 nitrogen and oxygen atoms in total. The maximum Gasteiger partial charge on any atom is 0.123 e. The standard InChI is InChI=1S/C21H31FN2O/c22-19-6-4-18(5-7-19)16-23-12-3-13-24(15-14-23)17-20-8-11-21(25-20)9-1-2-10-21/h4-7,20H,1-3,8-17H2. The van der Waals surface area contributed by atoms with Crippen molar-refractivity contribution in [3.63, 3.8) is 0 Å². The van der Waals surface area contributed by atoms with Crippen molar-refractivity contribution < 1.29 is 9.13 Å². The molecule has 1 saturated carbocycles. The van der Waals surface area contributed by atoms with Crippen molar-refractivity contribution in [1.82, 2.24) is 9.80 Å². The maximum absolute atomic E-state index is 13.1. The fraction of sp³-hybridized carbons (Fsp3) is 0.714. The van der Waals surface area contributed by atoms with E-state index < -0.39 is 0 Å². The van der Waals surface area contributed by atoms with E-state index in [1.54, 1.807) is 12.1 Å². The molecule has 1 aliphatic carbocycles. The second-order valence-corrected chi connectivity index (χ2v) is 8.23. The van der Waals surface area contributed by atoms with Gasteiger partial charge in [0.05, 0.1) is 11.7 Å². The lowest BCUT2D eigenvalue weighted by atomic mass is 9.98. The lowest BCUT2D eigenvalue weighted by Crippen LogP contribution is -2.37. The maximum atomic E-state index is 13.1. The van der Waals surface area contributed by atoms with Crippen molar-refractivity contribution in [1.29, 1.82) is 0 Å². The molecular weight excluding hydrogens is 315 g/mol. The van der Waals surface area contributed by atoms with E-state index in [9.17, 15) is 4.39 Å². The minimum Gasteiger partial charge on any atom is -0.370 e. The fourth-order valence-corrected chi connectivity index (χ4v) is 4.91. The lowest BCUT2D eigenvalue weighted by molar-refractivity contribution is -0.0469. The first kappa shape index (κ1) is 17.4. The summed E-state index contributed by atoms with van der Waals surface area (Å²) < 4.78 is 19.5. The van der Waals surface area contributed by atoms with Gasteiger partial charge in [-0.05, 0) is 62.9 Å². The summed E-state index contributed by atoms with van der Waals surface area (Å²) in [6.45, 7) is 6.54. The summed E-state index contributed by atoms with van der Waals surface area (Å²) in [5, 5.41) is 0. The minimum atomic E-state index is -0.151. The van der Waals surface area contributed by atoms with Gasteiger partial charge in [-0.2, -0.15) is 0 Å². The van der Waals surface area contributed by atoms with E-state index in [-0.39, 0.29) is 11.4 Å². The number of hydrogen-bond donors (Lipinski definition) is 0. The van der Waals surface area contributed by atoms with Crippen LogP contribution in [0.25, 0.3) is 0 Å². The Labute approximate surface area is 151 Å². The van der Waals surface area contributed by atoms with Crippen LogP contribution in [0.5, 0.6) is 0 Å². The van der Waals surface area contributed by atoms with Gasteiger partial charge in [0.15, 0.2) is 0 Å². The first-order chi connectivity index (χ1) is 12.2. The van der Waals surface area contributed by atoms with Gasteiger partial charge >= 0.3 is 0 Å². The zero-order chi connectivity index (χ0) is 17.1. The molecule has 4 heteroatoms. The van der Waals surface area contributed by atoms with Crippen LogP contribution in [0.3, 0.4) is 0 Å². The van der Waals surface area contributed by atoms with Gasteiger partial charge in [-0.1, -0.05) is 25.0 Å². The van der Waals surface area contributed by atoms with Crippen molar-refractivity contribution in [2.75, 3.05) is 32.7 Å². The van der Waals surface area contributed by atoms with Gasteiger partial charge < -0.3 is 4.74 Å². The molecule has 3 fully saturated rings. The van der Waals surface area contributed by atoms with E-state index >= 15 is 0 Å². The van der Waals surface area contributed by atoms with Crippen LogP contribution in [0.15, 0.2) is 24.3 Å². The van der Waals surface area contributed by atoms with Crippen molar-refractivity contribution >= 4 is 0 Å². The summed E-state index contributed by atoms with van der Waals surface area (Å²) in [6.07, 6.45) is 9.46. The highest BCUT2D eigenvalue weighted by molar-refractivity contribution is 5.15. The van der Waals surface area contributed by atoms with Gasteiger partial charge in [-0.25, -0.2) is 4.39 Å². The summed E-state index contributed by atoms with van der Waals surface area (Å²) in [5.41, 5.74) is 1.46. The highest BCUT2D eigenvalue weighted by Crippen LogP contribution is 2.43. The lowest BCUT2D eigenvalue weighted by Gasteiger charge is -2.27. The zero-order valence-electron chi connectivity index (χ0n) is 15.3. The van der Waals surface area contributed by atoms with Crippen LogP contribution in [0, 0.1) is 5.82 Å². The Hall–Kier alpha value is -0.970. The van der Waals surface area contributed by atoms with Gasteiger partial charge in [0, 0.05) is 26.2 Å². The number of benzene rings is 1. The summed E-state index contributed by atoms with van der Waals surface area (Å²) in [6, 6.07) is 6.95. The Morgan fingerprint density at radius 2 is 1.64 bits per heavy atom. The molecule has 0 radical (unpaired) electrons. The highest BCUT2D eigenvalue weighted by Gasteiger charge is 2.42. The van der Waals surface area contributed by atoms with Crippen LogP contribution >= 0.6 is 0 Å². The van der Waals surface area contributed by atoms with Crippen LogP contribution in [0.2, 0.25) is 0 Å². The molecule has 1 atom stereocenters. The molecule has 1 aromatic rings. The average molecular weight is 346 g/mol. The van der Waals surface area contributed by atoms with E-state index in [0.717, 1.165) is 32.7 Å². The molecule has 0 amide bonds. The van der Waals surface area contributed by atoms with E-state index in [4.69, 9.17) is 4.74 Å². The topological polar surface area (TPSA) is 15.7 Å². The SMILES string of the molecule is Fc1ccc(CN2CCCN(CC3CCC4(CCCC4)O3)CC2)cc1. The zero-order valence-corrected chi connectivity index (χ0v) is 15.3. The number of halogens is 1. The van der Waals surface area contributed by atoms with Crippen molar-refractivity contribution in [3.8, 4) is 0 Å². The number of hydrogen-bond acceptors (Lipinski definition) is 3.